The first-order chi connectivity index (χ1) is 7.79. The normalized spacial score (nSPS) is 16.8. The first-order valence-corrected chi connectivity index (χ1v) is 5.73. The van der Waals surface area contributed by atoms with Crippen LogP contribution < -0.4 is 10.1 Å². The number of amidine groups is 1. The number of hydrogen-bond acceptors (Lipinski definition) is 3. The van der Waals surface area contributed by atoms with Gasteiger partial charge in [-0.1, -0.05) is 12.1 Å². The summed E-state index contributed by atoms with van der Waals surface area (Å²) < 4.78 is 5.14. The number of nitrogens with zero attached hydrogens (tertiary/aromatic N) is 1. The van der Waals surface area contributed by atoms with Gasteiger partial charge in [-0.2, -0.15) is 0 Å². The Labute approximate surface area is 96.5 Å². The minimum atomic E-state index is 0.308. The quantitative estimate of drug-likeness (QED) is 0.845. The Morgan fingerprint density at radius 3 is 2.62 bits per heavy atom. The Morgan fingerprint density at radius 1 is 1.31 bits per heavy atom. The molecular formula is C13H18N2O. The topological polar surface area (TPSA) is 33.6 Å². The predicted molar refractivity (Wildman–Crippen MR) is 66.1 cm³/mol. The van der Waals surface area contributed by atoms with Crippen molar-refractivity contribution in [3.05, 3.63) is 29.8 Å². The first-order valence-electron chi connectivity index (χ1n) is 5.73. The number of benzene rings is 1. The van der Waals surface area contributed by atoms with Crippen molar-refractivity contribution in [3.63, 3.8) is 0 Å². The van der Waals surface area contributed by atoms with Crippen molar-refractivity contribution in [1.82, 2.24) is 5.32 Å². The Balaban J connectivity index is 1.99. The zero-order valence-electron chi connectivity index (χ0n) is 9.86. The molecule has 1 heterocycles. The second-order valence-corrected chi connectivity index (χ2v) is 4.07. The summed E-state index contributed by atoms with van der Waals surface area (Å²) in [7, 11) is 1.68. The highest BCUT2D eigenvalue weighted by molar-refractivity contribution is 5.83. The van der Waals surface area contributed by atoms with Crippen LogP contribution in [0.4, 0.5) is 0 Å². The molecule has 1 aromatic carbocycles. The number of hydrogen-bond donors (Lipinski definition) is 1. The molecule has 0 radical (unpaired) electrons. The molecule has 1 aromatic rings. The van der Waals surface area contributed by atoms with Gasteiger partial charge < -0.3 is 10.1 Å². The van der Waals surface area contributed by atoms with E-state index in [1.807, 2.05) is 12.1 Å². The number of methoxy groups -OCH3 is 1. The van der Waals surface area contributed by atoms with Crippen LogP contribution in [-0.2, 0) is 0 Å². The summed E-state index contributed by atoms with van der Waals surface area (Å²) in [5.74, 6) is 2.04. The summed E-state index contributed by atoms with van der Waals surface area (Å²) in [6, 6.07) is 8.47. The molecule has 1 N–H and O–H groups in total. The second-order valence-electron chi connectivity index (χ2n) is 4.07. The lowest BCUT2D eigenvalue weighted by Gasteiger charge is -2.15. The van der Waals surface area contributed by atoms with E-state index in [0.29, 0.717) is 6.04 Å². The average Bonchev–Trinajstić information content (AvgIpc) is 2.82. The third-order valence-corrected chi connectivity index (χ3v) is 2.87. The van der Waals surface area contributed by atoms with Gasteiger partial charge in [-0.15, -0.1) is 0 Å². The average molecular weight is 218 g/mol. The molecule has 2 rings (SSSR count). The lowest BCUT2D eigenvalue weighted by molar-refractivity contribution is 0.414. The van der Waals surface area contributed by atoms with E-state index in [0.717, 1.165) is 24.6 Å². The summed E-state index contributed by atoms with van der Waals surface area (Å²) in [4.78, 5) is 4.42. The van der Waals surface area contributed by atoms with E-state index in [1.54, 1.807) is 7.11 Å². The molecule has 0 unspecified atom stereocenters. The largest absolute Gasteiger partial charge is 0.497 e. The molecule has 0 bridgehead atoms. The van der Waals surface area contributed by atoms with Crippen LogP contribution in [0.1, 0.15) is 31.4 Å². The number of rotatable bonds is 3. The lowest BCUT2D eigenvalue weighted by atomic mass is 10.1. The molecule has 1 aliphatic rings. The van der Waals surface area contributed by atoms with Crippen molar-refractivity contribution >= 4 is 5.84 Å². The minimum Gasteiger partial charge on any atom is -0.497 e. The highest BCUT2D eigenvalue weighted by atomic mass is 16.5. The van der Waals surface area contributed by atoms with Crippen molar-refractivity contribution in [2.45, 2.75) is 25.8 Å². The van der Waals surface area contributed by atoms with Crippen LogP contribution in [-0.4, -0.2) is 19.5 Å². The highest BCUT2D eigenvalue weighted by Crippen LogP contribution is 2.18. The Kier molecular flexibility index (Phi) is 3.44. The van der Waals surface area contributed by atoms with Gasteiger partial charge >= 0.3 is 0 Å². The monoisotopic (exact) mass is 218 g/mol. The fourth-order valence-electron chi connectivity index (χ4n) is 1.88. The van der Waals surface area contributed by atoms with E-state index in [2.05, 4.69) is 29.4 Å². The van der Waals surface area contributed by atoms with Gasteiger partial charge in [0.15, 0.2) is 0 Å². The molecule has 0 spiro atoms. The Bertz CT molecular complexity index is 370. The molecule has 1 aliphatic heterocycles. The molecule has 0 aromatic heterocycles. The molecular weight excluding hydrogens is 200 g/mol. The van der Waals surface area contributed by atoms with Crippen molar-refractivity contribution in [3.8, 4) is 5.75 Å². The van der Waals surface area contributed by atoms with Crippen molar-refractivity contribution in [2.24, 2.45) is 4.99 Å². The summed E-state index contributed by atoms with van der Waals surface area (Å²) in [5.41, 5.74) is 1.26. The van der Waals surface area contributed by atoms with Crippen molar-refractivity contribution < 1.29 is 4.74 Å². The number of nitrogens with one attached hydrogen (secondary N) is 1. The molecule has 0 amide bonds. The maximum Gasteiger partial charge on any atom is 0.118 e. The summed E-state index contributed by atoms with van der Waals surface area (Å²) in [5, 5.41) is 3.44. The van der Waals surface area contributed by atoms with Gasteiger partial charge in [-0.3, -0.25) is 4.99 Å². The van der Waals surface area contributed by atoms with E-state index in [1.165, 1.54) is 12.0 Å². The number of aliphatic imine (C=N–C) groups is 1. The van der Waals surface area contributed by atoms with Gasteiger partial charge in [0.25, 0.3) is 0 Å². The van der Waals surface area contributed by atoms with Crippen LogP contribution in [0.2, 0.25) is 0 Å². The van der Waals surface area contributed by atoms with E-state index in [-0.39, 0.29) is 0 Å². The molecule has 3 nitrogen and oxygen atoms in total. The van der Waals surface area contributed by atoms with Crippen molar-refractivity contribution in [2.75, 3.05) is 13.7 Å². The number of ether oxygens (including phenoxy) is 1. The fraction of sp³-hybridized carbons (Fsp3) is 0.462. The summed E-state index contributed by atoms with van der Waals surface area (Å²) >= 11 is 0. The fourth-order valence-corrected chi connectivity index (χ4v) is 1.88. The molecule has 0 saturated carbocycles. The van der Waals surface area contributed by atoms with Gasteiger partial charge in [-0.05, 0) is 31.0 Å². The van der Waals surface area contributed by atoms with E-state index < -0.39 is 0 Å². The molecule has 0 aliphatic carbocycles. The molecule has 3 heteroatoms. The molecule has 0 fully saturated rings. The zero-order valence-corrected chi connectivity index (χ0v) is 9.86. The standard InChI is InChI=1S/C13H18N2O/c1-10(15-13-4-3-9-14-13)11-5-7-12(16-2)8-6-11/h5-8,10H,3-4,9H2,1-2H3,(H,14,15)/t10-/m0/s1. The van der Waals surface area contributed by atoms with Gasteiger partial charge in [0, 0.05) is 19.0 Å². The van der Waals surface area contributed by atoms with Crippen LogP contribution in [0.25, 0.3) is 0 Å². The summed E-state index contributed by atoms with van der Waals surface area (Å²) in [6.45, 7) is 3.13. The molecule has 86 valence electrons. The van der Waals surface area contributed by atoms with Crippen LogP contribution >= 0.6 is 0 Å². The first kappa shape index (κ1) is 11.0. The van der Waals surface area contributed by atoms with Gasteiger partial charge in [-0.25, -0.2) is 0 Å². The Hall–Kier alpha value is -1.51. The van der Waals surface area contributed by atoms with Crippen LogP contribution in [0.15, 0.2) is 29.3 Å². The highest BCUT2D eigenvalue weighted by Gasteiger charge is 2.10. The van der Waals surface area contributed by atoms with Crippen LogP contribution in [0.5, 0.6) is 5.75 Å². The maximum absolute atomic E-state index is 5.14. The SMILES string of the molecule is COc1ccc([C@H](C)NC2=NCCC2)cc1. The summed E-state index contributed by atoms with van der Waals surface area (Å²) in [6.07, 6.45) is 2.26. The Morgan fingerprint density at radius 2 is 2.06 bits per heavy atom. The minimum absolute atomic E-state index is 0.308. The third-order valence-electron chi connectivity index (χ3n) is 2.87. The second kappa shape index (κ2) is 5.01. The van der Waals surface area contributed by atoms with Gasteiger partial charge in [0.2, 0.25) is 0 Å². The van der Waals surface area contributed by atoms with Crippen molar-refractivity contribution in [1.29, 1.82) is 0 Å². The third kappa shape index (κ3) is 2.54. The maximum atomic E-state index is 5.14. The lowest BCUT2D eigenvalue weighted by Crippen LogP contribution is -2.24. The van der Waals surface area contributed by atoms with Gasteiger partial charge in [0.05, 0.1) is 12.9 Å². The van der Waals surface area contributed by atoms with Gasteiger partial charge in [0.1, 0.15) is 5.75 Å². The van der Waals surface area contributed by atoms with E-state index in [4.69, 9.17) is 4.74 Å². The molecule has 1 atom stereocenters. The van der Waals surface area contributed by atoms with E-state index >= 15 is 0 Å². The predicted octanol–water partition coefficient (Wildman–Crippen LogP) is 2.54. The smallest absolute Gasteiger partial charge is 0.118 e. The van der Waals surface area contributed by atoms with Crippen LogP contribution in [0.3, 0.4) is 0 Å². The van der Waals surface area contributed by atoms with Crippen LogP contribution in [0, 0.1) is 0 Å². The molecule has 0 saturated heterocycles. The molecule has 16 heavy (non-hydrogen) atoms. The zero-order chi connectivity index (χ0) is 11.4. The van der Waals surface area contributed by atoms with E-state index in [9.17, 15) is 0 Å².